The first-order valence-electron chi connectivity index (χ1n) is 12.6. The standard InChI is InChI=1S/C27H34F3N3O5/c1-37-15-25(34)33-10-9-31(17-27(36,18-33)19-38-24-13-21(29)11-22(30)14-24)16-26(35)5-7-32(8-6-26)23-4-2-3-20(28)12-23/h2-4,11-14,35-36H,5-10,15-19H2,1H3/t27-/m0/s1. The number of halogens is 3. The van der Waals surface area contributed by atoms with Crippen LogP contribution >= 0.6 is 0 Å². The topological polar surface area (TPSA) is 85.7 Å². The minimum absolute atomic E-state index is 0.0669. The van der Waals surface area contributed by atoms with Crippen molar-refractivity contribution in [2.24, 2.45) is 0 Å². The molecule has 0 aromatic heterocycles. The molecule has 0 aliphatic carbocycles. The summed E-state index contributed by atoms with van der Waals surface area (Å²) in [6.07, 6.45) is 0.869. The van der Waals surface area contributed by atoms with Crippen molar-refractivity contribution >= 4 is 11.6 Å². The third-order valence-corrected chi connectivity index (χ3v) is 7.04. The van der Waals surface area contributed by atoms with Gasteiger partial charge in [0, 0.05) is 70.3 Å². The van der Waals surface area contributed by atoms with E-state index in [1.54, 1.807) is 6.07 Å². The summed E-state index contributed by atoms with van der Waals surface area (Å²) < 4.78 is 51.4. The Bertz CT molecular complexity index is 1090. The molecule has 1 amide bonds. The minimum Gasteiger partial charge on any atom is -0.490 e. The number of carbonyl (C=O) groups is 1. The van der Waals surface area contributed by atoms with E-state index in [0.29, 0.717) is 39.0 Å². The highest BCUT2D eigenvalue weighted by Gasteiger charge is 2.41. The van der Waals surface area contributed by atoms with Gasteiger partial charge in [0.05, 0.1) is 12.1 Å². The molecule has 38 heavy (non-hydrogen) atoms. The monoisotopic (exact) mass is 537 g/mol. The van der Waals surface area contributed by atoms with Gasteiger partial charge in [-0.15, -0.1) is 0 Å². The summed E-state index contributed by atoms with van der Waals surface area (Å²) in [6, 6.07) is 9.10. The van der Waals surface area contributed by atoms with E-state index in [4.69, 9.17) is 9.47 Å². The Labute approximate surface area is 220 Å². The molecule has 0 unspecified atom stereocenters. The van der Waals surface area contributed by atoms with Crippen LogP contribution in [0.2, 0.25) is 0 Å². The van der Waals surface area contributed by atoms with Gasteiger partial charge in [-0.1, -0.05) is 6.07 Å². The van der Waals surface area contributed by atoms with Crippen LogP contribution in [-0.2, 0) is 9.53 Å². The first kappa shape index (κ1) is 28.2. The fraction of sp³-hybridized carbons (Fsp3) is 0.519. The number of ether oxygens (including phenoxy) is 2. The molecule has 2 heterocycles. The summed E-state index contributed by atoms with van der Waals surface area (Å²) in [4.78, 5) is 18.0. The van der Waals surface area contributed by atoms with E-state index < -0.39 is 22.8 Å². The number of hydrogen-bond donors (Lipinski definition) is 2. The molecule has 11 heteroatoms. The molecule has 2 aromatic carbocycles. The van der Waals surface area contributed by atoms with Crippen LogP contribution in [0.3, 0.4) is 0 Å². The van der Waals surface area contributed by atoms with Crippen molar-refractivity contribution in [1.29, 1.82) is 0 Å². The predicted octanol–water partition coefficient (Wildman–Crippen LogP) is 2.04. The number of hydrogen-bond acceptors (Lipinski definition) is 7. The van der Waals surface area contributed by atoms with E-state index in [2.05, 4.69) is 0 Å². The van der Waals surface area contributed by atoms with Crippen LogP contribution in [-0.4, -0.2) is 103 Å². The fourth-order valence-electron chi connectivity index (χ4n) is 5.15. The maximum Gasteiger partial charge on any atom is 0.248 e. The summed E-state index contributed by atoms with van der Waals surface area (Å²) in [5.74, 6) is -2.32. The average molecular weight is 538 g/mol. The molecular formula is C27H34F3N3O5. The van der Waals surface area contributed by atoms with Crippen LogP contribution in [0.25, 0.3) is 0 Å². The van der Waals surface area contributed by atoms with Crippen molar-refractivity contribution in [3.63, 3.8) is 0 Å². The number of rotatable bonds is 8. The maximum atomic E-state index is 13.7. The van der Waals surface area contributed by atoms with E-state index in [1.807, 2.05) is 15.9 Å². The Morgan fingerprint density at radius 1 is 0.921 bits per heavy atom. The highest BCUT2D eigenvalue weighted by Crippen LogP contribution is 2.29. The van der Waals surface area contributed by atoms with Crippen molar-refractivity contribution < 1.29 is 37.7 Å². The summed E-state index contributed by atoms with van der Waals surface area (Å²) >= 11 is 0. The number of amides is 1. The van der Waals surface area contributed by atoms with E-state index in [-0.39, 0.29) is 50.3 Å². The van der Waals surface area contributed by atoms with Gasteiger partial charge in [0.15, 0.2) is 0 Å². The number of carbonyl (C=O) groups excluding carboxylic acids is 1. The van der Waals surface area contributed by atoms with Crippen molar-refractivity contribution in [2.75, 3.05) is 71.0 Å². The number of benzene rings is 2. The van der Waals surface area contributed by atoms with Crippen LogP contribution in [0.4, 0.5) is 18.9 Å². The van der Waals surface area contributed by atoms with Gasteiger partial charge >= 0.3 is 0 Å². The van der Waals surface area contributed by atoms with Gasteiger partial charge < -0.3 is 29.5 Å². The van der Waals surface area contributed by atoms with Gasteiger partial charge in [-0.05, 0) is 31.0 Å². The molecule has 208 valence electrons. The number of methoxy groups -OCH3 is 1. The molecule has 2 aromatic rings. The average Bonchev–Trinajstić information content (AvgIpc) is 3.01. The Morgan fingerprint density at radius 2 is 1.63 bits per heavy atom. The molecular weight excluding hydrogens is 503 g/mol. The summed E-state index contributed by atoms with van der Waals surface area (Å²) in [5, 5.41) is 22.9. The Hall–Kier alpha value is -2.86. The Balaban J connectivity index is 1.44. The van der Waals surface area contributed by atoms with Crippen LogP contribution in [0.5, 0.6) is 5.75 Å². The molecule has 0 bridgehead atoms. The van der Waals surface area contributed by atoms with Gasteiger partial charge in [-0.2, -0.15) is 0 Å². The molecule has 8 nitrogen and oxygen atoms in total. The van der Waals surface area contributed by atoms with Gasteiger partial charge in [0.1, 0.15) is 42.0 Å². The summed E-state index contributed by atoms with van der Waals surface area (Å²) in [6.45, 7) is 1.50. The SMILES string of the molecule is COCC(=O)N1CCN(CC2(O)CCN(c3cccc(F)c3)CC2)C[C@@](O)(COc2cc(F)cc(F)c2)C1. The van der Waals surface area contributed by atoms with Gasteiger partial charge in [-0.3, -0.25) is 9.69 Å². The Kier molecular flexibility index (Phi) is 8.81. The molecule has 2 fully saturated rings. The molecule has 0 spiro atoms. The van der Waals surface area contributed by atoms with Crippen molar-refractivity contribution in [1.82, 2.24) is 9.80 Å². The largest absolute Gasteiger partial charge is 0.490 e. The first-order chi connectivity index (χ1) is 18.1. The molecule has 2 aliphatic heterocycles. The maximum absolute atomic E-state index is 13.7. The van der Waals surface area contributed by atoms with E-state index in [0.717, 1.165) is 23.9 Å². The lowest BCUT2D eigenvalue weighted by Gasteiger charge is -2.42. The highest BCUT2D eigenvalue weighted by molar-refractivity contribution is 5.77. The zero-order valence-electron chi connectivity index (χ0n) is 21.4. The molecule has 4 rings (SSSR count). The first-order valence-corrected chi connectivity index (χ1v) is 12.6. The lowest BCUT2D eigenvalue weighted by molar-refractivity contribution is -0.138. The van der Waals surface area contributed by atoms with Crippen LogP contribution < -0.4 is 9.64 Å². The highest BCUT2D eigenvalue weighted by atomic mass is 19.1. The second-order valence-electron chi connectivity index (χ2n) is 10.3. The van der Waals surface area contributed by atoms with Crippen molar-refractivity contribution in [3.8, 4) is 5.75 Å². The normalized spacial score (nSPS) is 22.3. The second-order valence-corrected chi connectivity index (χ2v) is 10.3. The van der Waals surface area contributed by atoms with Crippen LogP contribution in [0.15, 0.2) is 42.5 Å². The van der Waals surface area contributed by atoms with Gasteiger partial charge in [0.2, 0.25) is 5.91 Å². The number of aliphatic hydroxyl groups is 2. The zero-order chi connectivity index (χ0) is 27.3. The number of β-amino-alcohol motifs (C(OH)–C–C–N with tert-alkyl or cyclic N) is 2. The van der Waals surface area contributed by atoms with Crippen molar-refractivity contribution in [3.05, 3.63) is 59.9 Å². The molecule has 0 radical (unpaired) electrons. The lowest BCUT2D eigenvalue weighted by atomic mass is 9.90. The van der Waals surface area contributed by atoms with E-state index >= 15 is 0 Å². The van der Waals surface area contributed by atoms with E-state index in [9.17, 15) is 28.2 Å². The minimum atomic E-state index is -1.58. The van der Waals surface area contributed by atoms with Crippen LogP contribution in [0.1, 0.15) is 12.8 Å². The summed E-state index contributed by atoms with van der Waals surface area (Å²) in [7, 11) is 1.40. The molecule has 2 saturated heterocycles. The number of piperidine rings is 1. The number of nitrogens with zero attached hydrogens (tertiary/aromatic N) is 3. The Morgan fingerprint density at radius 3 is 2.29 bits per heavy atom. The van der Waals surface area contributed by atoms with Gasteiger partial charge in [-0.25, -0.2) is 13.2 Å². The smallest absolute Gasteiger partial charge is 0.248 e. The predicted molar refractivity (Wildman–Crippen MR) is 134 cm³/mol. The van der Waals surface area contributed by atoms with Gasteiger partial charge in [0.25, 0.3) is 0 Å². The fourth-order valence-corrected chi connectivity index (χ4v) is 5.15. The molecule has 0 saturated carbocycles. The zero-order valence-corrected chi connectivity index (χ0v) is 21.4. The van der Waals surface area contributed by atoms with Crippen molar-refractivity contribution in [2.45, 2.75) is 24.0 Å². The third-order valence-electron chi connectivity index (χ3n) is 7.04. The second kappa shape index (κ2) is 11.9. The quantitative estimate of drug-likeness (QED) is 0.533. The van der Waals surface area contributed by atoms with Crippen LogP contribution in [0, 0.1) is 17.5 Å². The molecule has 2 N–H and O–H groups in total. The summed E-state index contributed by atoms with van der Waals surface area (Å²) in [5.41, 5.74) is -1.88. The third kappa shape index (κ3) is 7.37. The molecule has 1 atom stereocenters. The van der Waals surface area contributed by atoms with E-state index in [1.165, 1.54) is 24.1 Å². The number of anilines is 1. The lowest BCUT2D eigenvalue weighted by Crippen LogP contribution is -2.56. The molecule has 2 aliphatic rings.